The van der Waals surface area contributed by atoms with Gasteiger partial charge in [0.2, 0.25) is 0 Å². The minimum Gasteiger partial charge on any atom is -0.387 e. The number of hydrogen-bond acceptors (Lipinski definition) is 2. The summed E-state index contributed by atoms with van der Waals surface area (Å²) >= 11 is 0. The first-order valence-electron chi connectivity index (χ1n) is 7.74. The van der Waals surface area contributed by atoms with E-state index < -0.39 is 17.7 Å². The lowest BCUT2D eigenvalue weighted by Gasteiger charge is -2.28. The van der Waals surface area contributed by atoms with Crippen molar-refractivity contribution in [1.29, 1.82) is 0 Å². The Hall–Kier alpha value is -2.04. The van der Waals surface area contributed by atoms with Crippen LogP contribution in [0.3, 0.4) is 0 Å². The van der Waals surface area contributed by atoms with Crippen LogP contribution in [0.4, 0.5) is 8.78 Å². The minimum atomic E-state index is -1.16. The summed E-state index contributed by atoms with van der Waals surface area (Å²) in [4.78, 5) is 2.00. The first-order chi connectivity index (χ1) is 11.1. The van der Waals surface area contributed by atoms with E-state index in [-0.39, 0.29) is 12.1 Å². The molecule has 120 valence electrons. The van der Waals surface area contributed by atoms with Gasteiger partial charge in [0.25, 0.3) is 0 Å². The SMILES string of the molecule is O[C@@H](CN1CC=C(c2ccccc2)CC1)c1c(F)cccc1F. The summed E-state index contributed by atoms with van der Waals surface area (Å²) in [5.41, 5.74) is 2.23. The Labute approximate surface area is 134 Å². The zero-order valence-electron chi connectivity index (χ0n) is 12.8. The first kappa shape index (κ1) is 15.8. The van der Waals surface area contributed by atoms with Gasteiger partial charge in [0, 0.05) is 19.6 Å². The molecule has 4 heteroatoms. The van der Waals surface area contributed by atoms with E-state index in [4.69, 9.17) is 0 Å². The number of benzene rings is 2. The molecule has 3 rings (SSSR count). The van der Waals surface area contributed by atoms with Crippen molar-refractivity contribution in [3.63, 3.8) is 0 Å². The fourth-order valence-corrected chi connectivity index (χ4v) is 2.96. The Kier molecular flexibility index (Phi) is 4.84. The van der Waals surface area contributed by atoms with Gasteiger partial charge in [0.05, 0.1) is 11.7 Å². The van der Waals surface area contributed by atoms with E-state index >= 15 is 0 Å². The molecule has 0 bridgehead atoms. The van der Waals surface area contributed by atoms with Crippen molar-refractivity contribution in [1.82, 2.24) is 4.90 Å². The zero-order chi connectivity index (χ0) is 16.2. The molecule has 0 unspecified atom stereocenters. The van der Waals surface area contributed by atoms with Crippen LogP contribution in [0, 0.1) is 11.6 Å². The molecule has 23 heavy (non-hydrogen) atoms. The molecule has 0 saturated heterocycles. The highest BCUT2D eigenvalue weighted by Crippen LogP contribution is 2.25. The van der Waals surface area contributed by atoms with Crippen LogP contribution in [-0.4, -0.2) is 29.6 Å². The first-order valence-corrected chi connectivity index (χ1v) is 7.74. The fraction of sp³-hybridized carbons (Fsp3) is 0.263. The average molecular weight is 315 g/mol. The normalized spacial score (nSPS) is 16.9. The van der Waals surface area contributed by atoms with Gasteiger partial charge >= 0.3 is 0 Å². The van der Waals surface area contributed by atoms with Crippen molar-refractivity contribution in [3.05, 3.63) is 77.4 Å². The molecule has 1 aliphatic heterocycles. The summed E-state index contributed by atoms with van der Waals surface area (Å²) in [7, 11) is 0. The van der Waals surface area contributed by atoms with Crippen LogP contribution in [0.1, 0.15) is 23.7 Å². The van der Waals surface area contributed by atoms with E-state index in [2.05, 4.69) is 18.2 Å². The average Bonchev–Trinajstić information content (AvgIpc) is 2.56. The predicted octanol–water partition coefficient (Wildman–Crippen LogP) is 3.79. The van der Waals surface area contributed by atoms with Gasteiger partial charge in [-0.05, 0) is 29.7 Å². The minimum absolute atomic E-state index is 0.219. The molecule has 1 N–H and O–H groups in total. The van der Waals surface area contributed by atoms with Crippen LogP contribution in [0.5, 0.6) is 0 Å². The highest BCUT2D eigenvalue weighted by atomic mass is 19.1. The maximum Gasteiger partial charge on any atom is 0.131 e. The Morgan fingerprint density at radius 1 is 1.00 bits per heavy atom. The van der Waals surface area contributed by atoms with Gasteiger partial charge in [-0.15, -0.1) is 0 Å². The number of aliphatic hydroxyl groups is 1. The van der Waals surface area contributed by atoms with Gasteiger partial charge in [0.15, 0.2) is 0 Å². The Morgan fingerprint density at radius 2 is 1.70 bits per heavy atom. The second kappa shape index (κ2) is 7.02. The van der Waals surface area contributed by atoms with Crippen LogP contribution in [0.2, 0.25) is 0 Å². The van der Waals surface area contributed by atoms with E-state index in [1.54, 1.807) is 0 Å². The molecule has 0 radical (unpaired) electrons. The van der Waals surface area contributed by atoms with Crippen molar-refractivity contribution in [3.8, 4) is 0 Å². The van der Waals surface area contributed by atoms with Gasteiger partial charge in [-0.3, -0.25) is 4.90 Å². The molecule has 0 spiro atoms. The van der Waals surface area contributed by atoms with Gasteiger partial charge in [-0.1, -0.05) is 42.5 Å². The van der Waals surface area contributed by atoms with Crippen LogP contribution in [0.15, 0.2) is 54.6 Å². The summed E-state index contributed by atoms with van der Waals surface area (Å²) in [5, 5.41) is 10.2. The van der Waals surface area contributed by atoms with E-state index in [9.17, 15) is 13.9 Å². The Bertz CT molecular complexity index is 680. The maximum atomic E-state index is 13.7. The third kappa shape index (κ3) is 3.66. The third-order valence-corrected chi connectivity index (χ3v) is 4.20. The van der Waals surface area contributed by atoms with Crippen molar-refractivity contribution >= 4 is 5.57 Å². The number of halogens is 2. The summed E-state index contributed by atoms with van der Waals surface area (Å²) < 4.78 is 27.4. The highest BCUT2D eigenvalue weighted by Gasteiger charge is 2.22. The largest absolute Gasteiger partial charge is 0.387 e. The smallest absolute Gasteiger partial charge is 0.131 e. The van der Waals surface area contributed by atoms with Gasteiger partial charge in [-0.2, -0.15) is 0 Å². The number of rotatable bonds is 4. The number of β-amino-alcohol motifs (C(OH)–C–C–N with tert-alkyl or cyclic N) is 1. The maximum absolute atomic E-state index is 13.7. The summed E-state index contributed by atoms with van der Waals surface area (Å²) in [5.74, 6) is -1.40. The quantitative estimate of drug-likeness (QED) is 0.928. The van der Waals surface area contributed by atoms with E-state index in [0.717, 1.165) is 13.0 Å². The lowest BCUT2D eigenvalue weighted by Crippen LogP contribution is -2.33. The van der Waals surface area contributed by atoms with Gasteiger partial charge in [0.1, 0.15) is 11.6 Å². The Morgan fingerprint density at radius 3 is 2.30 bits per heavy atom. The topological polar surface area (TPSA) is 23.5 Å². The lowest BCUT2D eigenvalue weighted by atomic mass is 9.99. The second-order valence-corrected chi connectivity index (χ2v) is 5.76. The van der Waals surface area contributed by atoms with Gasteiger partial charge in [-0.25, -0.2) is 8.78 Å². The molecular weight excluding hydrogens is 296 g/mol. The number of nitrogens with zero attached hydrogens (tertiary/aromatic N) is 1. The zero-order valence-corrected chi connectivity index (χ0v) is 12.8. The molecule has 0 aliphatic carbocycles. The molecule has 2 aromatic carbocycles. The molecule has 0 fully saturated rings. The van der Waals surface area contributed by atoms with Crippen LogP contribution in [-0.2, 0) is 0 Å². The monoisotopic (exact) mass is 315 g/mol. The molecule has 0 aromatic heterocycles. The number of aliphatic hydroxyl groups excluding tert-OH is 1. The predicted molar refractivity (Wildman–Crippen MR) is 86.8 cm³/mol. The second-order valence-electron chi connectivity index (χ2n) is 5.76. The van der Waals surface area contributed by atoms with Crippen molar-refractivity contribution < 1.29 is 13.9 Å². The molecule has 2 nitrogen and oxygen atoms in total. The van der Waals surface area contributed by atoms with E-state index in [1.807, 2.05) is 23.1 Å². The standard InChI is InChI=1S/C19H19F2NO/c20-16-7-4-8-17(21)19(16)18(23)13-22-11-9-15(10-12-22)14-5-2-1-3-6-14/h1-9,18,23H,10-13H2/t18-/m0/s1. The fourth-order valence-electron chi connectivity index (χ4n) is 2.96. The summed E-state index contributed by atoms with van der Waals surface area (Å²) in [6.07, 6.45) is 1.81. The highest BCUT2D eigenvalue weighted by molar-refractivity contribution is 5.66. The third-order valence-electron chi connectivity index (χ3n) is 4.20. The summed E-state index contributed by atoms with van der Waals surface area (Å²) in [6.45, 7) is 1.64. The molecule has 0 saturated carbocycles. The van der Waals surface area contributed by atoms with E-state index in [0.29, 0.717) is 6.54 Å². The molecule has 1 atom stereocenters. The molecule has 0 amide bonds. The molecular formula is C19H19F2NO. The van der Waals surface area contributed by atoms with Gasteiger partial charge < -0.3 is 5.11 Å². The summed E-state index contributed by atoms with van der Waals surface area (Å²) in [6, 6.07) is 13.8. The van der Waals surface area contributed by atoms with E-state index in [1.165, 1.54) is 29.3 Å². The van der Waals surface area contributed by atoms with Crippen LogP contribution >= 0.6 is 0 Å². The van der Waals surface area contributed by atoms with Crippen molar-refractivity contribution in [2.75, 3.05) is 19.6 Å². The van der Waals surface area contributed by atoms with Crippen molar-refractivity contribution in [2.24, 2.45) is 0 Å². The van der Waals surface area contributed by atoms with Crippen LogP contribution in [0.25, 0.3) is 5.57 Å². The van der Waals surface area contributed by atoms with Crippen molar-refractivity contribution in [2.45, 2.75) is 12.5 Å². The molecule has 1 aliphatic rings. The van der Waals surface area contributed by atoms with Crippen LogP contribution < -0.4 is 0 Å². The number of hydrogen-bond donors (Lipinski definition) is 1. The Balaban J connectivity index is 1.66. The molecule has 1 heterocycles. The molecule has 2 aromatic rings. The lowest BCUT2D eigenvalue weighted by molar-refractivity contribution is 0.112.